The van der Waals surface area contributed by atoms with Gasteiger partial charge in [-0.1, -0.05) is 40.0 Å². The van der Waals surface area contributed by atoms with Crippen LogP contribution in [0, 0.1) is 11.3 Å². The minimum Gasteiger partial charge on any atom is -0.316 e. The Kier molecular flexibility index (Phi) is 3.78. The molecule has 1 nitrogen and oxygen atoms in total. The van der Waals surface area contributed by atoms with Crippen LogP contribution in [0.25, 0.3) is 0 Å². The molecule has 1 aliphatic carbocycles. The van der Waals surface area contributed by atoms with E-state index in [0.717, 1.165) is 5.92 Å². The van der Waals surface area contributed by atoms with Crippen molar-refractivity contribution in [2.75, 3.05) is 7.05 Å². The van der Waals surface area contributed by atoms with E-state index in [0.29, 0.717) is 11.5 Å². The highest BCUT2D eigenvalue weighted by Gasteiger charge is 2.32. The molecule has 78 valence electrons. The molecular weight excluding hydrogens is 158 g/mol. The van der Waals surface area contributed by atoms with Gasteiger partial charge in [-0.3, -0.25) is 0 Å². The first kappa shape index (κ1) is 11.0. The molecule has 1 rings (SSSR count). The topological polar surface area (TPSA) is 12.0 Å². The third-order valence-corrected chi connectivity index (χ3v) is 3.70. The van der Waals surface area contributed by atoms with Crippen LogP contribution in [0.2, 0.25) is 0 Å². The third-order valence-electron chi connectivity index (χ3n) is 3.70. The van der Waals surface area contributed by atoms with Crippen LogP contribution in [0.4, 0.5) is 0 Å². The molecule has 1 fully saturated rings. The second-order valence-corrected chi connectivity index (χ2v) is 5.33. The third kappa shape index (κ3) is 2.70. The maximum absolute atomic E-state index is 3.51. The molecule has 0 saturated heterocycles. The van der Waals surface area contributed by atoms with E-state index in [1.165, 1.54) is 32.1 Å². The van der Waals surface area contributed by atoms with E-state index in [4.69, 9.17) is 0 Å². The second-order valence-electron chi connectivity index (χ2n) is 5.33. The van der Waals surface area contributed by atoms with E-state index in [1.807, 2.05) is 0 Å². The molecule has 13 heavy (non-hydrogen) atoms. The molecule has 0 aromatic carbocycles. The summed E-state index contributed by atoms with van der Waals surface area (Å²) >= 11 is 0. The van der Waals surface area contributed by atoms with Crippen molar-refractivity contribution in [1.82, 2.24) is 5.32 Å². The van der Waals surface area contributed by atoms with Gasteiger partial charge in [0.15, 0.2) is 0 Å². The molecule has 0 spiro atoms. The van der Waals surface area contributed by atoms with Gasteiger partial charge in [-0.25, -0.2) is 0 Å². The van der Waals surface area contributed by atoms with Crippen LogP contribution < -0.4 is 5.32 Å². The minimum absolute atomic E-state index is 0.481. The lowest BCUT2D eigenvalue weighted by Crippen LogP contribution is -2.45. The van der Waals surface area contributed by atoms with Crippen molar-refractivity contribution in [3.8, 4) is 0 Å². The van der Waals surface area contributed by atoms with Gasteiger partial charge in [0.2, 0.25) is 0 Å². The summed E-state index contributed by atoms with van der Waals surface area (Å²) in [4.78, 5) is 0. The molecule has 0 bridgehead atoms. The molecular formula is C12H25N. The number of rotatable bonds is 1. The fourth-order valence-electron chi connectivity index (χ4n) is 2.99. The lowest BCUT2D eigenvalue weighted by atomic mass is 9.71. The number of nitrogens with one attached hydrogen (secondary N) is 1. The highest BCUT2D eigenvalue weighted by molar-refractivity contribution is 4.88. The van der Waals surface area contributed by atoms with Crippen LogP contribution in [0.5, 0.6) is 0 Å². The Labute approximate surface area is 83.3 Å². The summed E-state index contributed by atoms with van der Waals surface area (Å²) in [6.45, 7) is 7.22. The van der Waals surface area contributed by atoms with Crippen molar-refractivity contribution in [2.24, 2.45) is 11.3 Å². The van der Waals surface area contributed by atoms with Gasteiger partial charge < -0.3 is 5.32 Å². The van der Waals surface area contributed by atoms with Gasteiger partial charge in [0.25, 0.3) is 0 Å². The van der Waals surface area contributed by atoms with Gasteiger partial charge >= 0.3 is 0 Å². The molecule has 1 saturated carbocycles. The molecule has 2 unspecified atom stereocenters. The Morgan fingerprint density at radius 1 is 1.15 bits per heavy atom. The lowest BCUT2D eigenvalue weighted by Gasteiger charge is -2.40. The van der Waals surface area contributed by atoms with E-state index in [-0.39, 0.29) is 0 Å². The summed E-state index contributed by atoms with van der Waals surface area (Å²) < 4.78 is 0. The standard InChI is InChI=1S/C12H25N/c1-10-8-6-5-7-9-12(2,3)11(10)13-4/h10-11,13H,5-9H2,1-4H3. The maximum Gasteiger partial charge on any atom is 0.0141 e. The number of hydrogen-bond donors (Lipinski definition) is 1. The zero-order valence-corrected chi connectivity index (χ0v) is 9.69. The average Bonchev–Trinajstić information content (AvgIpc) is 2.02. The van der Waals surface area contributed by atoms with Crippen molar-refractivity contribution in [2.45, 2.75) is 58.9 Å². The average molecular weight is 183 g/mol. The molecule has 0 aliphatic heterocycles. The highest BCUT2D eigenvalue weighted by Crippen LogP contribution is 2.35. The maximum atomic E-state index is 3.51. The van der Waals surface area contributed by atoms with Crippen molar-refractivity contribution >= 4 is 0 Å². The minimum atomic E-state index is 0.481. The van der Waals surface area contributed by atoms with E-state index in [2.05, 4.69) is 33.1 Å². The first-order chi connectivity index (χ1) is 6.08. The monoisotopic (exact) mass is 183 g/mol. The van der Waals surface area contributed by atoms with Crippen molar-refractivity contribution in [3.63, 3.8) is 0 Å². The van der Waals surface area contributed by atoms with Gasteiger partial charge in [0, 0.05) is 6.04 Å². The zero-order chi connectivity index (χ0) is 9.90. The summed E-state index contributed by atoms with van der Waals surface area (Å²) in [5.41, 5.74) is 0.481. The summed E-state index contributed by atoms with van der Waals surface area (Å²) in [5, 5.41) is 3.51. The van der Waals surface area contributed by atoms with Gasteiger partial charge in [-0.15, -0.1) is 0 Å². The van der Waals surface area contributed by atoms with Gasteiger partial charge in [-0.05, 0) is 31.2 Å². The first-order valence-corrected chi connectivity index (χ1v) is 5.75. The SMILES string of the molecule is CNC1C(C)CCCCCC1(C)C. The smallest absolute Gasteiger partial charge is 0.0141 e. The van der Waals surface area contributed by atoms with E-state index < -0.39 is 0 Å². The van der Waals surface area contributed by atoms with Crippen molar-refractivity contribution in [3.05, 3.63) is 0 Å². The molecule has 0 radical (unpaired) electrons. The number of hydrogen-bond acceptors (Lipinski definition) is 1. The highest BCUT2D eigenvalue weighted by atomic mass is 14.9. The molecule has 0 aromatic heterocycles. The Bertz CT molecular complexity index is 151. The first-order valence-electron chi connectivity index (χ1n) is 5.75. The predicted octanol–water partition coefficient (Wildman–Crippen LogP) is 3.20. The van der Waals surface area contributed by atoms with Gasteiger partial charge in [-0.2, -0.15) is 0 Å². The van der Waals surface area contributed by atoms with Crippen molar-refractivity contribution < 1.29 is 0 Å². The Morgan fingerprint density at radius 3 is 2.46 bits per heavy atom. The van der Waals surface area contributed by atoms with Crippen LogP contribution in [0.3, 0.4) is 0 Å². The van der Waals surface area contributed by atoms with Crippen molar-refractivity contribution in [1.29, 1.82) is 0 Å². The van der Waals surface area contributed by atoms with E-state index >= 15 is 0 Å². The fourth-order valence-corrected chi connectivity index (χ4v) is 2.99. The summed E-state index contributed by atoms with van der Waals surface area (Å²) in [7, 11) is 2.12. The van der Waals surface area contributed by atoms with Gasteiger partial charge in [0.1, 0.15) is 0 Å². The lowest BCUT2D eigenvalue weighted by molar-refractivity contribution is 0.151. The van der Waals surface area contributed by atoms with E-state index in [9.17, 15) is 0 Å². The fraction of sp³-hybridized carbons (Fsp3) is 1.00. The van der Waals surface area contributed by atoms with E-state index in [1.54, 1.807) is 0 Å². The molecule has 2 atom stereocenters. The summed E-state index contributed by atoms with van der Waals surface area (Å²) in [5.74, 6) is 0.834. The van der Waals surface area contributed by atoms with Crippen LogP contribution >= 0.6 is 0 Å². The molecule has 0 aromatic rings. The summed E-state index contributed by atoms with van der Waals surface area (Å²) in [6.07, 6.45) is 7.05. The van der Waals surface area contributed by atoms with Gasteiger partial charge in [0.05, 0.1) is 0 Å². The second kappa shape index (κ2) is 4.45. The Morgan fingerprint density at radius 2 is 1.85 bits per heavy atom. The van der Waals surface area contributed by atoms with Crippen LogP contribution in [0.1, 0.15) is 52.9 Å². The normalized spacial score (nSPS) is 35.1. The molecule has 0 heterocycles. The van der Waals surface area contributed by atoms with Crippen LogP contribution in [0.15, 0.2) is 0 Å². The molecule has 1 N–H and O–H groups in total. The molecule has 1 heteroatoms. The van der Waals surface area contributed by atoms with Crippen LogP contribution in [-0.4, -0.2) is 13.1 Å². The largest absolute Gasteiger partial charge is 0.316 e. The quantitative estimate of drug-likeness (QED) is 0.658. The Hall–Kier alpha value is -0.0400. The molecule has 0 amide bonds. The zero-order valence-electron chi connectivity index (χ0n) is 9.69. The van der Waals surface area contributed by atoms with Crippen LogP contribution in [-0.2, 0) is 0 Å². The Balaban J connectivity index is 2.67. The predicted molar refractivity (Wildman–Crippen MR) is 58.9 cm³/mol. The summed E-state index contributed by atoms with van der Waals surface area (Å²) in [6, 6.07) is 0.702. The molecule has 1 aliphatic rings.